The van der Waals surface area contributed by atoms with Crippen LogP contribution in [-0.4, -0.2) is 36.3 Å². The van der Waals surface area contributed by atoms with Crippen molar-refractivity contribution in [2.24, 2.45) is 5.92 Å². The molecule has 0 aliphatic carbocycles. The normalized spacial score (nSPS) is 17.7. The van der Waals surface area contributed by atoms with Crippen LogP contribution in [0.5, 0.6) is 0 Å². The van der Waals surface area contributed by atoms with E-state index in [0.717, 1.165) is 38.8 Å². The lowest BCUT2D eigenvalue weighted by Crippen LogP contribution is -2.36. The maximum Gasteiger partial charge on any atom is 0.224 e. The summed E-state index contributed by atoms with van der Waals surface area (Å²) in [7, 11) is 0. The van der Waals surface area contributed by atoms with Crippen molar-refractivity contribution in [3.8, 4) is 0 Å². The second-order valence-electron chi connectivity index (χ2n) is 5.53. The maximum absolute atomic E-state index is 12.0. The van der Waals surface area contributed by atoms with Gasteiger partial charge < -0.3 is 10.2 Å². The summed E-state index contributed by atoms with van der Waals surface area (Å²) in [4.78, 5) is 25.7. The molecule has 1 saturated heterocycles. The van der Waals surface area contributed by atoms with Crippen molar-refractivity contribution in [2.75, 3.05) is 19.6 Å². The molecule has 1 aliphatic rings. The molecule has 0 saturated carbocycles. The molecule has 19 heavy (non-hydrogen) atoms. The Balaban J connectivity index is 2.20. The second kappa shape index (κ2) is 8.94. The fourth-order valence-electron chi connectivity index (χ4n) is 2.51. The molecule has 110 valence electrons. The summed E-state index contributed by atoms with van der Waals surface area (Å²) < 4.78 is 0. The van der Waals surface area contributed by atoms with Gasteiger partial charge in [-0.2, -0.15) is 0 Å². The maximum atomic E-state index is 12.0. The monoisotopic (exact) mass is 268 g/mol. The Bertz CT molecular complexity index is 284. The fraction of sp³-hybridized carbons (Fsp3) is 0.867. The molecule has 1 aliphatic heterocycles. The molecule has 0 aromatic heterocycles. The van der Waals surface area contributed by atoms with Gasteiger partial charge >= 0.3 is 0 Å². The lowest BCUT2D eigenvalue weighted by Gasteiger charge is -2.20. The van der Waals surface area contributed by atoms with E-state index in [1.165, 1.54) is 12.8 Å². The molecule has 4 heteroatoms. The van der Waals surface area contributed by atoms with E-state index in [9.17, 15) is 9.59 Å². The zero-order valence-electron chi connectivity index (χ0n) is 12.4. The molecule has 1 atom stereocenters. The molecule has 0 aromatic rings. The SMILES string of the molecule is CCCC(C)C(=O)NCCC(=O)N1CCCCCC1. The minimum atomic E-state index is 0.0540. The molecular formula is C15H28N2O2. The highest BCUT2D eigenvalue weighted by atomic mass is 16.2. The highest BCUT2D eigenvalue weighted by molar-refractivity contribution is 5.80. The standard InChI is InChI=1S/C15H28N2O2/c1-3-8-13(2)15(19)16-10-9-14(18)17-11-6-4-5-7-12-17/h13H,3-12H2,1-2H3,(H,16,19). The van der Waals surface area contributed by atoms with Crippen LogP contribution in [0.25, 0.3) is 0 Å². The Hall–Kier alpha value is -1.06. The van der Waals surface area contributed by atoms with Crippen LogP contribution in [-0.2, 0) is 9.59 Å². The quantitative estimate of drug-likeness (QED) is 0.804. The van der Waals surface area contributed by atoms with Crippen LogP contribution in [0.3, 0.4) is 0 Å². The minimum Gasteiger partial charge on any atom is -0.355 e. The van der Waals surface area contributed by atoms with Crippen LogP contribution in [0.4, 0.5) is 0 Å². The van der Waals surface area contributed by atoms with Gasteiger partial charge in [0.25, 0.3) is 0 Å². The summed E-state index contributed by atoms with van der Waals surface area (Å²) in [5, 5.41) is 2.87. The molecule has 1 N–H and O–H groups in total. The first kappa shape index (κ1) is 16.0. The molecular weight excluding hydrogens is 240 g/mol. The van der Waals surface area contributed by atoms with Gasteiger partial charge in [-0.3, -0.25) is 9.59 Å². The first-order chi connectivity index (χ1) is 9.15. The number of likely N-dealkylation sites (tertiary alicyclic amines) is 1. The molecule has 0 spiro atoms. The number of nitrogens with zero attached hydrogens (tertiary/aromatic N) is 1. The Kier molecular flexibility index (Phi) is 7.53. The molecule has 4 nitrogen and oxygen atoms in total. The van der Waals surface area contributed by atoms with Gasteiger partial charge in [0.15, 0.2) is 0 Å². The summed E-state index contributed by atoms with van der Waals surface area (Å²) in [6.45, 7) is 6.27. The van der Waals surface area contributed by atoms with Crippen LogP contribution < -0.4 is 5.32 Å². The van der Waals surface area contributed by atoms with E-state index in [2.05, 4.69) is 12.2 Å². The fourth-order valence-corrected chi connectivity index (χ4v) is 2.51. The Morgan fingerprint density at radius 3 is 2.37 bits per heavy atom. The van der Waals surface area contributed by atoms with Crippen LogP contribution in [0.1, 0.15) is 58.8 Å². The van der Waals surface area contributed by atoms with Gasteiger partial charge in [0, 0.05) is 32.0 Å². The number of carbonyl (C=O) groups excluding carboxylic acids is 2. The van der Waals surface area contributed by atoms with Crippen LogP contribution >= 0.6 is 0 Å². The predicted molar refractivity (Wildman–Crippen MR) is 76.7 cm³/mol. The van der Waals surface area contributed by atoms with Gasteiger partial charge in [-0.1, -0.05) is 33.1 Å². The van der Waals surface area contributed by atoms with Crippen molar-refractivity contribution in [2.45, 2.75) is 58.8 Å². The lowest BCUT2D eigenvalue weighted by atomic mass is 10.1. The van der Waals surface area contributed by atoms with E-state index in [4.69, 9.17) is 0 Å². The first-order valence-electron chi connectivity index (χ1n) is 7.70. The van der Waals surface area contributed by atoms with Gasteiger partial charge in [0.1, 0.15) is 0 Å². The first-order valence-corrected chi connectivity index (χ1v) is 7.70. The summed E-state index contributed by atoms with van der Waals surface area (Å²) in [5.74, 6) is 0.314. The zero-order valence-corrected chi connectivity index (χ0v) is 12.4. The molecule has 2 amide bonds. The second-order valence-corrected chi connectivity index (χ2v) is 5.53. The molecule has 0 aromatic carbocycles. The van der Waals surface area contributed by atoms with E-state index >= 15 is 0 Å². The molecule has 0 radical (unpaired) electrons. The number of nitrogens with one attached hydrogen (secondary N) is 1. The average Bonchev–Trinajstić information content (AvgIpc) is 2.67. The largest absolute Gasteiger partial charge is 0.355 e. The number of amides is 2. The van der Waals surface area contributed by atoms with E-state index in [1.807, 2.05) is 11.8 Å². The van der Waals surface area contributed by atoms with Crippen LogP contribution in [0, 0.1) is 5.92 Å². The predicted octanol–water partition coefficient (Wildman–Crippen LogP) is 2.33. The molecule has 1 heterocycles. The van der Waals surface area contributed by atoms with E-state index in [0.29, 0.717) is 13.0 Å². The van der Waals surface area contributed by atoms with Crippen molar-refractivity contribution in [1.82, 2.24) is 10.2 Å². The van der Waals surface area contributed by atoms with Gasteiger partial charge in [-0.05, 0) is 19.3 Å². The summed E-state index contributed by atoms with van der Waals surface area (Å²) in [5.41, 5.74) is 0. The number of hydrogen-bond acceptors (Lipinski definition) is 2. The van der Waals surface area contributed by atoms with Crippen LogP contribution in [0.15, 0.2) is 0 Å². The molecule has 1 unspecified atom stereocenters. The van der Waals surface area contributed by atoms with Gasteiger partial charge in [0.05, 0.1) is 0 Å². The topological polar surface area (TPSA) is 49.4 Å². The van der Waals surface area contributed by atoms with Gasteiger partial charge in [-0.25, -0.2) is 0 Å². The van der Waals surface area contributed by atoms with Gasteiger partial charge in [-0.15, -0.1) is 0 Å². The van der Waals surface area contributed by atoms with E-state index < -0.39 is 0 Å². The zero-order chi connectivity index (χ0) is 14.1. The summed E-state index contributed by atoms with van der Waals surface area (Å²) >= 11 is 0. The average molecular weight is 268 g/mol. The minimum absolute atomic E-state index is 0.0540. The highest BCUT2D eigenvalue weighted by Crippen LogP contribution is 2.10. The third-order valence-electron chi connectivity index (χ3n) is 3.77. The van der Waals surface area contributed by atoms with Crippen molar-refractivity contribution < 1.29 is 9.59 Å². The molecule has 1 fully saturated rings. The van der Waals surface area contributed by atoms with Gasteiger partial charge in [0.2, 0.25) is 11.8 Å². The van der Waals surface area contributed by atoms with E-state index in [1.54, 1.807) is 0 Å². The Morgan fingerprint density at radius 1 is 1.16 bits per heavy atom. The third-order valence-corrected chi connectivity index (χ3v) is 3.77. The van der Waals surface area contributed by atoms with Crippen molar-refractivity contribution >= 4 is 11.8 Å². The third kappa shape index (κ3) is 6.08. The van der Waals surface area contributed by atoms with E-state index in [-0.39, 0.29) is 17.7 Å². The Morgan fingerprint density at radius 2 is 1.79 bits per heavy atom. The Labute approximate surface area is 116 Å². The smallest absolute Gasteiger partial charge is 0.224 e. The molecule has 1 rings (SSSR count). The van der Waals surface area contributed by atoms with Crippen molar-refractivity contribution in [3.05, 3.63) is 0 Å². The highest BCUT2D eigenvalue weighted by Gasteiger charge is 2.16. The summed E-state index contributed by atoms with van der Waals surface area (Å²) in [6.07, 6.45) is 7.05. The van der Waals surface area contributed by atoms with Crippen molar-refractivity contribution in [3.63, 3.8) is 0 Å². The van der Waals surface area contributed by atoms with Crippen molar-refractivity contribution in [1.29, 1.82) is 0 Å². The lowest BCUT2D eigenvalue weighted by molar-refractivity contribution is -0.131. The summed E-state index contributed by atoms with van der Waals surface area (Å²) in [6, 6.07) is 0. The molecule has 0 bridgehead atoms. The van der Waals surface area contributed by atoms with Crippen LogP contribution in [0.2, 0.25) is 0 Å². The number of rotatable bonds is 6. The number of carbonyl (C=O) groups is 2. The number of hydrogen-bond donors (Lipinski definition) is 1.